The number of hydrogen-bond acceptors (Lipinski definition) is 4. The van der Waals surface area contributed by atoms with E-state index in [1.54, 1.807) is 12.4 Å². The summed E-state index contributed by atoms with van der Waals surface area (Å²) in [6.07, 6.45) is 6.87. The molecule has 1 aliphatic rings. The van der Waals surface area contributed by atoms with Crippen LogP contribution in [-0.2, 0) is 6.54 Å². The molecule has 120 valence electrons. The predicted molar refractivity (Wildman–Crippen MR) is 90.4 cm³/mol. The number of rotatable bonds is 4. The summed E-state index contributed by atoms with van der Waals surface area (Å²) in [6, 6.07) is 8.03. The number of aryl methyl sites for hydroxylation is 1. The first kappa shape index (κ1) is 15.5. The number of carbonyl (C=O) groups excluding carboxylic acids is 1. The van der Waals surface area contributed by atoms with Crippen LogP contribution in [0.5, 0.6) is 0 Å². The Morgan fingerprint density at radius 1 is 1.13 bits per heavy atom. The molecule has 1 aromatic carbocycles. The van der Waals surface area contributed by atoms with Crippen LogP contribution in [0.3, 0.4) is 0 Å². The summed E-state index contributed by atoms with van der Waals surface area (Å²) in [7, 11) is 0. The zero-order valence-electron chi connectivity index (χ0n) is 13.5. The molecule has 5 nitrogen and oxygen atoms in total. The fraction of sp³-hybridized carbons (Fsp3) is 0.389. The van der Waals surface area contributed by atoms with Crippen LogP contribution in [0.15, 0.2) is 36.7 Å². The van der Waals surface area contributed by atoms with E-state index >= 15 is 0 Å². The Bertz CT molecular complexity index is 663. The lowest BCUT2D eigenvalue weighted by atomic mass is 10.1. The Labute approximate surface area is 136 Å². The van der Waals surface area contributed by atoms with Gasteiger partial charge in [0.15, 0.2) is 0 Å². The van der Waals surface area contributed by atoms with Crippen LogP contribution in [-0.4, -0.2) is 29.0 Å². The molecule has 1 N–H and O–H groups in total. The second-order valence-corrected chi connectivity index (χ2v) is 5.93. The van der Waals surface area contributed by atoms with Crippen molar-refractivity contribution in [1.29, 1.82) is 0 Å². The summed E-state index contributed by atoms with van der Waals surface area (Å²) in [6.45, 7) is 4.55. The third-order valence-electron chi connectivity index (χ3n) is 4.24. The quantitative estimate of drug-likeness (QED) is 0.943. The van der Waals surface area contributed by atoms with Gasteiger partial charge in [-0.15, -0.1) is 0 Å². The third-order valence-corrected chi connectivity index (χ3v) is 4.24. The van der Waals surface area contributed by atoms with E-state index in [0.717, 1.165) is 24.6 Å². The van der Waals surface area contributed by atoms with Crippen molar-refractivity contribution in [2.75, 3.05) is 18.0 Å². The van der Waals surface area contributed by atoms with Crippen molar-refractivity contribution in [3.63, 3.8) is 0 Å². The van der Waals surface area contributed by atoms with Crippen LogP contribution in [0, 0.1) is 6.92 Å². The van der Waals surface area contributed by atoms with Gasteiger partial charge in [0.05, 0.1) is 5.56 Å². The van der Waals surface area contributed by atoms with Crippen LogP contribution in [0.4, 0.5) is 5.95 Å². The van der Waals surface area contributed by atoms with Gasteiger partial charge in [-0.2, -0.15) is 0 Å². The van der Waals surface area contributed by atoms with Crippen LogP contribution < -0.4 is 10.2 Å². The number of anilines is 1. The SMILES string of the molecule is Cc1ccccc1CNC(=O)c1cnc(N2CCCCC2)nc1. The molecule has 1 fully saturated rings. The van der Waals surface area contributed by atoms with Crippen molar-refractivity contribution >= 4 is 11.9 Å². The Morgan fingerprint density at radius 3 is 2.52 bits per heavy atom. The van der Waals surface area contributed by atoms with E-state index in [1.165, 1.54) is 24.8 Å². The van der Waals surface area contributed by atoms with Crippen LogP contribution in [0.25, 0.3) is 0 Å². The number of piperidine rings is 1. The van der Waals surface area contributed by atoms with Crippen molar-refractivity contribution in [3.05, 3.63) is 53.3 Å². The largest absolute Gasteiger partial charge is 0.348 e. The lowest BCUT2D eigenvalue weighted by molar-refractivity contribution is 0.0950. The predicted octanol–water partition coefficient (Wildman–Crippen LogP) is 2.71. The monoisotopic (exact) mass is 310 g/mol. The molecule has 1 amide bonds. The van der Waals surface area contributed by atoms with Crippen molar-refractivity contribution < 1.29 is 4.79 Å². The first-order valence-electron chi connectivity index (χ1n) is 8.14. The summed E-state index contributed by atoms with van der Waals surface area (Å²) in [5, 5.41) is 2.92. The molecule has 2 aromatic rings. The van der Waals surface area contributed by atoms with Gasteiger partial charge in [0.25, 0.3) is 5.91 Å². The third kappa shape index (κ3) is 3.86. The average molecular weight is 310 g/mol. The van der Waals surface area contributed by atoms with Gasteiger partial charge in [-0.1, -0.05) is 24.3 Å². The number of nitrogens with zero attached hydrogens (tertiary/aromatic N) is 3. The molecule has 0 radical (unpaired) electrons. The first-order valence-corrected chi connectivity index (χ1v) is 8.14. The number of nitrogens with one attached hydrogen (secondary N) is 1. The molecule has 5 heteroatoms. The van der Waals surface area contributed by atoms with Gasteiger partial charge in [0.2, 0.25) is 5.95 Å². The number of benzene rings is 1. The Kier molecular flexibility index (Phi) is 4.86. The van der Waals surface area contributed by atoms with E-state index in [-0.39, 0.29) is 5.91 Å². The normalized spacial score (nSPS) is 14.6. The van der Waals surface area contributed by atoms with Crippen molar-refractivity contribution in [1.82, 2.24) is 15.3 Å². The number of amides is 1. The van der Waals surface area contributed by atoms with Gasteiger partial charge in [-0.3, -0.25) is 4.79 Å². The molecular formula is C18H22N4O. The van der Waals surface area contributed by atoms with Gasteiger partial charge in [0.1, 0.15) is 0 Å². The van der Waals surface area contributed by atoms with Crippen molar-refractivity contribution in [2.45, 2.75) is 32.7 Å². The maximum absolute atomic E-state index is 12.2. The summed E-state index contributed by atoms with van der Waals surface area (Å²) in [4.78, 5) is 23.1. The molecule has 23 heavy (non-hydrogen) atoms. The fourth-order valence-electron chi connectivity index (χ4n) is 2.78. The molecule has 1 aromatic heterocycles. The highest BCUT2D eigenvalue weighted by Crippen LogP contribution is 2.15. The lowest BCUT2D eigenvalue weighted by Gasteiger charge is -2.26. The number of carbonyl (C=O) groups is 1. The van der Waals surface area contributed by atoms with Gasteiger partial charge in [-0.05, 0) is 37.3 Å². The highest BCUT2D eigenvalue weighted by Gasteiger charge is 2.14. The molecule has 0 unspecified atom stereocenters. The van der Waals surface area contributed by atoms with Gasteiger partial charge in [-0.25, -0.2) is 9.97 Å². The topological polar surface area (TPSA) is 58.1 Å². The molecule has 2 heterocycles. The van der Waals surface area contributed by atoms with Gasteiger partial charge in [0, 0.05) is 32.0 Å². The fourth-order valence-corrected chi connectivity index (χ4v) is 2.78. The smallest absolute Gasteiger partial charge is 0.254 e. The minimum atomic E-state index is -0.140. The summed E-state index contributed by atoms with van der Waals surface area (Å²) in [5.41, 5.74) is 2.79. The Hall–Kier alpha value is -2.43. The molecule has 0 atom stereocenters. The molecule has 1 saturated heterocycles. The van der Waals surface area contributed by atoms with E-state index in [4.69, 9.17) is 0 Å². The highest BCUT2D eigenvalue weighted by molar-refractivity contribution is 5.93. The van der Waals surface area contributed by atoms with E-state index < -0.39 is 0 Å². The Morgan fingerprint density at radius 2 is 1.83 bits per heavy atom. The lowest BCUT2D eigenvalue weighted by Crippen LogP contribution is -2.31. The second kappa shape index (κ2) is 7.22. The maximum atomic E-state index is 12.2. The molecule has 3 rings (SSSR count). The van der Waals surface area contributed by atoms with Crippen molar-refractivity contribution in [2.24, 2.45) is 0 Å². The molecule has 0 saturated carbocycles. The van der Waals surface area contributed by atoms with Gasteiger partial charge >= 0.3 is 0 Å². The second-order valence-electron chi connectivity index (χ2n) is 5.93. The van der Waals surface area contributed by atoms with E-state index in [2.05, 4.69) is 20.2 Å². The Balaban J connectivity index is 1.60. The molecule has 0 aliphatic carbocycles. The molecule has 0 spiro atoms. The van der Waals surface area contributed by atoms with Gasteiger partial charge < -0.3 is 10.2 Å². The standard InChI is InChI=1S/C18H22N4O/c1-14-7-3-4-8-15(14)11-19-17(23)16-12-20-18(21-13-16)22-9-5-2-6-10-22/h3-4,7-8,12-13H,2,5-6,9-11H2,1H3,(H,19,23). The van der Waals surface area contributed by atoms with Crippen LogP contribution in [0.1, 0.15) is 40.7 Å². The average Bonchev–Trinajstić information content (AvgIpc) is 2.62. The summed E-state index contributed by atoms with van der Waals surface area (Å²) >= 11 is 0. The minimum absolute atomic E-state index is 0.140. The van der Waals surface area contributed by atoms with Crippen molar-refractivity contribution in [3.8, 4) is 0 Å². The highest BCUT2D eigenvalue weighted by atomic mass is 16.1. The van der Waals surface area contributed by atoms with Crippen LogP contribution in [0.2, 0.25) is 0 Å². The zero-order chi connectivity index (χ0) is 16.1. The van der Waals surface area contributed by atoms with E-state index in [0.29, 0.717) is 12.1 Å². The van der Waals surface area contributed by atoms with Crippen LogP contribution >= 0.6 is 0 Å². The zero-order valence-corrected chi connectivity index (χ0v) is 13.5. The van der Waals surface area contributed by atoms with E-state index in [1.807, 2.05) is 31.2 Å². The summed E-state index contributed by atoms with van der Waals surface area (Å²) in [5.74, 6) is 0.582. The first-order chi connectivity index (χ1) is 11.2. The number of hydrogen-bond donors (Lipinski definition) is 1. The summed E-state index contributed by atoms with van der Waals surface area (Å²) < 4.78 is 0. The number of aromatic nitrogens is 2. The molecule has 1 aliphatic heterocycles. The minimum Gasteiger partial charge on any atom is -0.348 e. The van der Waals surface area contributed by atoms with E-state index in [9.17, 15) is 4.79 Å². The molecular weight excluding hydrogens is 288 g/mol. The maximum Gasteiger partial charge on any atom is 0.254 e. The molecule has 0 bridgehead atoms.